The predicted molar refractivity (Wildman–Crippen MR) is 71.3 cm³/mol. The fraction of sp³-hybridized carbons (Fsp3) is 0.200. The number of rotatable bonds is 4. The van der Waals surface area contributed by atoms with E-state index in [1.54, 1.807) is 19.2 Å². The molecule has 0 radical (unpaired) electrons. The summed E-state index contributed by atoms with van der Waals surface area (Å²) < 4.78 is 53.8. The molecule has 0 unspecified atom stereocenters. The second-order valence-electron chi connectivity index (χ2n) is 4.41. The molecule has 112 valence electrons. The molecule has 1 N–H and O–H groups in total. The van der Waals surface area contributed by atoms with E-state index in [4.69, 9.17) is 0 Å². The third-order valence-corrected chi connectivity index (χ3v) is 2.84. The number of hydrogen-bond donors (Lipinski definition) is 1. The molecule has 0 spiro atoms. The minimum atomic E-state index is -4.72. The summed E-state index contributed by atoms with van der Waals surface area (Å²) in [5, 5.41) is 2.85. The molecule has 0 heterocycles. The minimum Gasteiger partial charge on any atom is -0.406 e. The van der Waals surface area contributed by atoms with E-state index < -0.39 is 6.36 Å². The van der Waals surface area contributed by atoms with Crippen LogP contribution in [0.15, 0.2) is 42.5 Å². The van der Waals surface area contributed by atoms with Gasteiger partial charge in [-0.25, -0.2) is 4.39 Å². The zero-order valence-electron chi connectivity index (χ0n) is 11.2. The van der Waals surface area contributed by atoms with Gasteiger partial charge in [-0.2, -0.15) is 0 Å². The van der Waals surface area contributed by atoms with Crippen molar-refractivity contribution in [2.45, 2.75) is 12.9 Å². The smallest absolute Gasteiger partial charge is 0.406 e. The second-order valence-corrected chi connectivity index (χ2v) is 4.41. The summed E-state index contributed by atoms with van der Waals surface area (Å²) in [6.07, 6.45) is -4.72. The molecule has 2 nitrogen and oxygen atoms in total. The van der Waals surface area contributed by atoms with Crippen molar-refractivity contribution in [1.29, 1.82) is 0 Å². The van der Waals surface area contributed by atoms with Gasteiger partial charge in [0, 0.05) is 12.1 Å². The molecule has 0 bridgehead atoms. The van der Waals surface area contributed by atoms with E-state index in [1.807, 2.05) is 0 Å². The summed E-state index contributed by atoms with van der Waals surface area (Å²) in [7, 11) is 1.72. The maximum absolute atomic E-state index is 13.8. The van der Waals surface area contributed by atoms with Gasteiger partial charge in [0.2, 0.25) is 0 Å². The lowest BCUT2D eigenvalue weighted by molar-refractivity contribution is -0.274. The van der Waals surface area contributed by atoms with E-state index in [0.717, 1.165) is 0 Å². The molecule has 0 saturated heterocycles. The van der Waals surface area contributed by atoms with Gasteiger partial charge in [0.15, 0.2) is 0 Å². The molecule has 0 aromatic heterocycles. The first-order valence-corrected chi connectivity index (χ1v) is 6.18. The topological polar surface area (TPSA) is 21.3 Å². The molecule has 0 aliphatic heterocycles. The van der Waals surface area contributed by atoms with Crippen LogP contribution < -0.4 is 10.1 Å². The molecule has 0 aliphatic carbocycles. The van der Waals surface area contributed by atoms with E-state index in [0.29, 0.717) is 23.2 Å². The Kier molecular flexibility index (Phi) is 4.47. The van der Waals surface area contributed by atoms with Gasteiger partial charge in [-0.3, -0.25) is 0 Å². The zero-order chi connectivity index (χ0) is 15.5. The van der Waals surface area contributed by atoms with Gasteiger partial charge in [0.1, 0.15) is 11.6 Å². The van der Waals surface area contributed by atoms with E-state index in [2.05, 4.69) is 10.1 Å². The summed E-state index contributed by atoms with van der Waals surface area (Å²) in [4.78, 5) is 0. The van der Waals surface area contributed by atoms with Crippen LogP contribution in [0.4, 0.5) is 17.6 Å². The molecule has 0 saturated carbocycles. The van der Waals surface area contributed by atoms with Crippen molar-refractivity contribution in [2.75, 3.05) is 7.05 Å². The summed E-state index contributed by atoms with van der Waals surface area (Å²) in [5.41, 5.74) is 1.73. The Morgan fingerprint density at radius 1 is 1.00 bits per heavy atom. The maximum atomic E-state index is 13.8. The van der Waals surface area contributed by atoms with Crippen LogP contribution in [-0.4, -0.2) is 13.4 Å². The Balaban J connectivity index is 2.21. The van der Waals surface area contributed by atoms with Crippen LogP contribution in [-0.2, 0) is 6.54 Å². The lowest BCUT2D eigenvalue weighted by atomic mass is 10.0. The van der Waals surface area contributed by atoms with Gasteiger partial charge in [-0.15, -0.1) is 13.2 Å². The van der Waals surface area contributed by atoms with Crippen LogP contribution in [0.3, 0.4) is 0 Å². The standard InChI is InChI=1S/C15H13F4NO/c1-20-9-12-3-2-11(8-14(12)16)10-4-6-13(7-5-10)21-15(17,18)19/h2-8,20H,9H2,1H3. The number of hydrogen-bond acceptors (Lipinski definition) is 2. The van der Waals surface area contributed by atoms with Crippen LogP contribution >= 0.6 is 0 Å². The van der Waals surface area contributed by atoms with E-state index in [1.165, 1.54) is 30.3 Å². The van der Waals surface area contributed by atoms with Crippen LogP contribution in [0.2, 0.25) is 0 Å². The van der Waals surface area contributed by atoms with E-state index in [-0.39, 0.29) is 11.6 Å². The number of nitrogens with one attached hydrogen (secondary N) is 1. The van der Waals surface area contributed by atoms with Crippen molar-refractivity contribution in [3.05, 3.63) is 53.8 Å². The monoisotopic (exact) mass is 299 g/mol. The number of halogens is 4. The third kappa shape index (κ3) is 4.19. The van der Waals surface area contributed by atoms with Crippen LogP contribution in [0.25, 0.3) is 11.1 Å². The minimum absolute atomic E-state index is 0.307. The molecule has 21 heavy (non-hydrogen) atoms. The summed E-state index contributed by atoms with van der Waals surface area (Å²) in [6.45, 7) is 0.407. The highest BCUT2D eigenvalue weighted by atomic mass is 19.4. The zero-order valence-corrected chi connectivity index (χ0v) is 11.2. The average molecular weight is 299 g/mol. The molecule has 0 amide bonds. The first kappa shape index (κ1) is 15.3. The summed E-state index contributed by atoms with van der Waals surface area (Å²) in [5.74, 6) is -0.670. The molecular weight excluding hydrogens is 286 g/mol. The first-order valence-electron chi connectivity index (χ1n) is 6.18. The van der Waals surface area contributed by atoms with Crippen LogP contribution in [0.1, 0.15) is 5.56 Å². The normalized spacial score (nSPS) is 11.5. The fourth-order valence-corrected chi connectivity index (χ4v) is 1.91. The van der Waals surface area contributed by atoms with Crippen LogP contribution in [0, 0.1) is 5.82 Å². The molecule has 2 rings (SSSR count). The van der Waals surface area contributed by atoms with Gasteiger partial charge >= 0.3 is 6.36 Å². The van der Waals surface area contributed by atoms with Gasteiger partial charge < -0.3 is 10.1 Å². The van der Waals surface area contributed by atoms with Crippen molar-refractivity contribution in [3.8, 4) is 16.9 Å². The van der Waals surface area contributed by atoms with Crippen molar-refractivity contribution >= 4 is 0 Å². The van der Waals surface area contributed by atoms with Gasteiger partial charge in [-0.1, -0.05) is 24.3 Å². The SMILES string of the molecule is CNCc1ccc(-c2ccc(OC(F)(F)F)cc2)cc1F. The summed E-state index contributed by atoms with van der Waals surface area (Å²) >= 11 is 0. The highest BCUT2D eigenvalue weighted by molar-refractivity contribution is 5.64. The van der Waals surface area contributed by atoms with E-state index >= 15 is 0 Å². The van der Waals surface area contributed by atoms with Gasteiger partial charge in [-0.05, 0) is 36.4 Å². The highest BCUT2D eigenvalue weighted by Crippen LogP contribution is 2.27. The molecule has 2 aromatic rings. The maximum Gasteiger partial charge on any atom is 0.573 e. The Labute approximate surface area is 119 Å². The fourth-order valence-electron chi connectivity index (χ4n) is 1.91. The molecule has 0 fully saturated rings. The second kappa shape index (κ2) is 6.13. The van der Waals surface area contributed by atoms with E-state index in [9.17, 15) is 17.6 Å². The predicted octanol–water partition coefficient (Wildman–Crippen LogP) is 4.11. The van der Waals surface area contributed by atoms with Gasteiger partial charge in [0.05, 0.1) is 0 Å². The van der Waals surface area contributed by atoms with Crippen molar-refractivity contribution in [3.63, 3.8) is 0 Å². The highest BCUT2D eigenvalue weighted by Gasteiger charge is 2.30. The largest absolute Gasteiger partial charge is 0.573 e. The van der Waals surface area contributed by atoms with Gasteiger partial charge in [0.25, 0.3) is 0 Å². The van der Waals surface area contributed by atoms with Crippen molar-refractivity contribution in [1.82, 2.24) is 5.32 Å². The quantitative estimate of drug-likeness (QED) is 0.858. The third-order valence-electron chi connectivity index (χ3n) is 2.84. The Morgan fingerprint density at radius 3 is 2.14 bits per heavy atom. The molecule has 2 aromatic carbocycles. The van der Waals surface area contributed by atoms with Crippen molar-refractivity contribution in [2.24, 2.45) is 0 Å². The number of ether oxygens (including phenoxy) is 1. The molecular formula is C15H13F4NO. The summed E-state index contributed by atoms with van der Waals surface area (Å²) in [6, 6.07) is 10.0. The Hall–Kier alpha value is -2.08. The molecule has 6 heteroatoms. The molecule has 0 atom stereocenters. The Morgan fingerprint density at radius 2 is 1.62 bits per heavy atom. The van der Waals surface area contributed by atoms with Crippen LogP contribution in [0.5, 0.6) is 5.75 Å². The number of alkyl halides is 3. The average Bonchev–Trinajstić information content (AvgIpc) is 2.40. The number of benzene rings is 2. The molecule has 0 aliphatic rings. The Bertz CT molecular complexity index is 608. The first-order chi connectivity index (χ1) is 9.89. The van der Waals surface area contributed by atoms with Crippen molar-refractivity contribution < 1.29 is 22.3 Å². The lowest BCUT2D eigenvalue weighted by Crippen LogP contribution is -2.16. The lowest BCUT2D eigenvalue weighted by Gasteiger charge is -2.10.